The van der Waals surface area contributed by atoms with Gasteiger partial charge < -0.3 is 9.88 Å². The first-order valence-corrected chi connectivity index (χ1v) is 8.61. The summed E-state index contributed by atoms with van der Waals surface area (Å²) in [5, 5.41) is 11.3. The molecule has 6 nitrogen and oxygen atoms in total. The molecule has 1 amide bonds. The molecule has 1 aliphatic rings. The van der Waals surface area contributed by atoms with E-state index < -0.39 is 0 Å². The van der Waals surface area contributed by atoms with Gasteiger partial charge in [-0.25, -0.2) is 0 Å². The van der Waals surface area contributed by atoms with Crippen molar-refractivity contribution in [2.24, 2.45) is 0 Å². The number of rotatable bonds is 5. The van der Waals surface area contributed by atoms with Gasteiger partial charge in [-0.05, 0) is 17.5 Å². The molecule has 0 spiro atoms. The van der Waals surface area contributed by atoms with E-state index in [1.165, 1.54) is 18.1 Å². The zero-order valence-corrected chi connectivity index (χ0v) is 14.5. The highest BCUT2D eigenvalue weighted by Crippen LogP contribution is 2.13. The maximum Gasteiger partial charge on any atom is 0.217 e. The number of hydrogen-bond acceptors (Lipinski definition) is 4. The topological polar surface area (TPSA) is 63.1 Å². The maximum atomic E-state index is 11.1. The Hall–Kier alpha value is -2.21. The van der Waals surface area contributed by atoms with Crippen LogP contribution >= 0.6 is 0 Å². The Morgan fingerprint density at radius 3 is 2.58 bits per heavy atom. The van der Waals surface area contributed by atoms with E-state index in [0.717, 1.165) is 50.7 Å². The van der Waals surface area contributed by atoms with Crippen molar-refractivity contribution < 1.29 is 4.79 Å². The lowest BCUT2D eigenvalue weighted by molar-refractivity contribution is -0.119. The second kappa shape index (κ2) is 7.57. The minimum atomic E-state index is -0.0434. The number of hydrogen-bond donors (Lipinski definition) is 1. The van der Waals surface area contributed by atoms with Gasteiger partial charge in [0.05, 0.1) is 6.54 Å². The van der Waals surface area contributed by atoms with E-state index in [9.17, 15) is 4.79 Å². The number of carbonyl (C=O) groups excluding carboxylic acids is 1. The summed E-state index contributed by atoms with van der Waals surface area (Å²) in [7, 11) is 0. The van der Waals surface area contributed by atoms with Crippen molar-refractivity contribution >= 4 is 5.91 Å². The van der Waals surface area contributed by atoms with Gasteiger partial charge in [0.2, 0.25) is 5.91 Å². The summed E-state index contributed by atoms with van der Waals surface area (Å²) >= 11 is 0. The first-order valence-electron chi connectivity index (χ1n) is 8.61. The fourth-order valence-corrected chi connectivity index (χ4v) is 3.06. The highest BCUT2D eigenvalue weighted by Gasteiger charge is 2.18. The fraction of sp³-hybridized carbons (Fsp3) is 0.500. The molecule has 6 heteroatoms. The number of fused-ring (bicyclic) bond motifs is 1. The lowest BCUT2D eigenvalue weighted by atomic mass is 10.1. The van der Waals surface area contributed by atoms with Gasteiger partial charge in [-0.3, -0.25) is 9.69 Å². The van der Waals surface area contributed by atoms with Crippen molar-refractivity contribution in [2.75, 3.05) is 13.1 Å². The molecule has 0 fully saturated rings. The third kappa shape index (κ3) is 4.00. The third-order valence-electron chi connectivity index (χ3n) is 4.53. The number of aromatic nitrogens is 3. The van der Waals surface area contributed by atoms with E-state index in [0.29, 0.717) is 6.54 Å². The number of nitrogens with zero attached hydrogens (tertiary/aromatic N) is 4. The van der Waals surface area contributed by atoms with E-state index in [-0.39, 0.29) is 5.91 Å². The van der Waals surface area contributed by atoms with Gasteiger partial charge in [-0.15, -0.1) is 10.2 Å². The number of aryl methyl sites for hydroxylation is 1. The zero-order chi connectivity index (χ0) is 16.9. The monoisotopic (exact) mass is 327 g/mol. The molecule has 24 heavy (non-hydrogen) atoms. The Labute approximate surface area is 142 Å². The Bertz CT molecular complexity index is 692. The number of amides is 1. The highest BCUT2D eigenvalue weighted by molar-refractivity contribution is 5.72. The number of nitrogens with one attached hydrogen (secondary N) is 1. The van der Waals surface area contributed by atoms with Gasteiger partial charge in [0, 0.05) is 39.5 Å². The molecule has 1 N–H and O–H groups in total. The summed E-state index contributed by atoms with van der Waals surface area (Å²) in [5.41, 5.74) is 2.73. The summed E-state index contributed by atoms with van der Waals surface area (Å²) in [5.74, 6) is 1.81. The van der Waals surface area contributed by atoms with Crippen LogP contribution in [0.5, 0.6) is 0 Å². The molecule has 2 heterocycles. The molecular formula is C18H25N5O. The van der Waals surface area contributed by atoms with Crippen LogP contribution in [0.3, 0.4) is 0 Å². The van der Waals surface area contributed by atoms with Crippen LogP contribution in [-0.2, 0) is 37.3 Å². The molecule has 1 aliphatic heterocycles. The average molecular weight is 327 g/mol. The van der Waals surface area contributed by atoms with Crippen molar-refractivity contribution in [3.63, 3.8) is 0 Å². The van der Waals surface area contributed by atoms with Crippen LogP contribution in [0.4, 0.5) is 0 Å². The molecule has 0 radical (unpaired) electrons. The summed E-state index contributed by atoms with van der Waals surface area (Å²) in [6, 6.07) is 8.89. The van der Waals surface area contributed by atoms with Crippen LogP contribution in [0.2, 0.25) is 0 Å². The molecule has 0 bridgehead atoms. The van der Waals surface area contributed by atoms with Gasteiger partial charge >= 0.3 is 0 Å². The fourth-order valence-electron chi connectivity index (χ4n) is 3.06. The molecule has 0 unspecified atom stereocenters. The lowest BCUT2D eigenvalue weighted by Gasteiger charge is -2.19. The Morgan fingerprint density at radius 2 is 1.88 bits per heavy atom. The van der Waals surface area contributed by atoms with E-state index >= 15 is 0 Å². The summed E-state index contributed by atoms with van der Waals surface area (Å²) < 4.78 is 2.15. The highest BCUT2D eigenvalue weighted by atomic mass is 16.1. The molecule has 0 aliphatic carbocycles. The van der Waals surface area contributed by atoms with E-state index in [4.69, 9.17) is 0 Å². The van der Waals surface area contributed by atoms with Gasteiger partial charge in [0.1, 0.15) is 5.82 Å². The van der Waals surface area contributed by atoms with Crippen molar-refractivity contribution in [3.05, 3.63) is 47.0 Å². The van der Waals surface area contributed by atoms with Crippen LogP contribution in [0.15, 0.2) is 24.3 Å². The largest absolute Gasteiger partial charge is 0.349 e. The smallest absolute Gasteiger partial charge is 0.217 e. The Balaban J connectivity index is 1.61. The summed E-state index contributed by atoms with van der Waals surface area (Å²) in [6.45, 7) is 7.92. The maximum absolute atomic E-state index is 11.1. The van der Waals surface area contributed by atoms with Crippen LogP contribution in [0, 0.1) is 0 Å². The van der Waals surface area contributed by atoms with Crippen molar-refractivity contribution in [1.82, 2.24) is 25.0 Å². The molecular weight excluding hydrogens is 302 g/mol. The zero-order valence-electron chi connectivity index (χ0n) is 14.5. The molecule has 128 valence electrons. The van der Waals surface area contributed by atoms with Crippen LogP contribution in [0.25, 0.3) is 0 Å². The van der Waals surface area contributed by atoms with Crippen molar-refractivity contribution in [2.45, 2.75) is 46.3 Å². The van der Waals surface area contributed by atoms with Crippen LogP contribution in [-0.4, -0.2) is 38.7 Å². The second-order valence-electron chi connectivity index (χ2n) is 6.29. The molecule has 2 aromatic rings. The van der Waals surface area contributed by atoms with E-state index in [1.807, 2.05) is 0 Å². The third-order valence-corrected chi connectivity index (χ3v) is 4.53. The predicted octanol–water partition coefficient (Wildman–Crippen LogP) is 1.53. The SMILES string of the molecule is CCc1ccc(CN2CCc3nnc(CNC(C)=O)n3CC2)cc1. The minimum absolute atomic E-state index is 0.0434. The van der Waals surface area contributed by atoms with Gasteiger partial charge in [0.15, 0.2) is 5.82 Å². The average Bonchev–Trinajstić information content (AvgIpc) is 2.87. The van der Waals surface area contributed by atoms with Crippen molar-refractivity contribution in [3.8, 4) is 0 Å². The molecule has 0 atom stereocenters. The Kier molecular flexibility index (Phi) is 5.25. The molecule has 0 saturated heterocycles. The summed E-state index contributed by atoms with van der Waals surface area (Å²) in [4.78, 5) is 13.6. The molecule has 1 aromatic carbocycles. The van der Waals surface area contributed by atoms with E-state index in [1.54, 1.807) is 0 Å². The lowest BCUT2D eigenvalue weighted by Crippen LogP contribution is -2.27. The summed E-state index contributed by atoms with van der Waals surface area (Å²) in [6.07, 6.45) is 1.97. The van der Waals surface area contributed by atoms with Crippen LogP contribution < -0.4 is 5.32 Å². The molecule has 0 saturated carbocycles. The molecule has 1 aromatic heterocycles. The first-order chi connectivity index (χ1) is 11.7. The minimum Gasteiger partial charge on any atom is -0.349 e. The predicted molar refractivity (Wildman–Crippen MR) is 92.3 cm³/mol. The van der Waals surface area contributed by atoms with Gasteiger partial charge in [-0.1, -0.05) is 31.2 Å². The van der Waals surface area contributed by atoms with Gasteiger partial charge in [0.25, 0.3) is 0 Å². The van der Waals surface area contributed by atoms with E-state index in [2.05, 4.69) is 56.2 Å². The normalized spacial score (nSPS) is 14.9. The second-order valence-corrected chi connectivity index (χ2v) is 6.29. The quantitative estimate of drug-likeness (QED) is 0.905. The molecule has 3 rings (SSSR count). The first kappa shape index (κ1) is 16.6. The number of benzene rings is 1. The standard InChI is InChI=1S/C18H25N5O/c1-3-15-4-6-16(7-5-15)13-22-9-8-17-20-21-18(12-19-14(2)24)23(17)11-10-22/h4-7H,3,8-13H2,1-2H3,(H,19,24). The van der Waals surface area contributed by atoms with Crippen molar-refractivity contribution in [1.29, 1.82) is 0 Å². The Morgan fingerprint density at radius 1 is 1.12 bits per heavy atom. The van der Waals surface area contributed by atoms with Gasteiger partial charge in [-0.2, -0.15) is 0 Å². The number of carbonyl (C=O) groups is 1. The van der Waals surface area contributed by atoms with Crippen LogP contribution in [0.1, 0.15) is 36.6 Å².